The van der Waals surface area contributed by atoms with Gasteiger partial charge in [-0.3, -0.25) is 4.79 Å². The van der Waals surface area contributed by atoms with Crippen molar-refractivity contribution < 1.29 is 13.2 Å². The van der Waals surface area contributed by atoms with Crippen molar-refractivity contribution in [3.8, 4) is 0 Å². The summed E-state index contributed by atoms with van der Waals surface area (Å²) in [5, 5.41) is 0. The summed E-state index contributed by atoms with van der Waals surface area (Å²) in [6, 6.07) is -0.318. The van der Waals surface area contributed by atoms with Gasteiger partial charge in [0.2, 0.25) is 15.9 Å². The highest BCUT2D eigenvalue weighted by molar-refractivity contribution is 7.88. The number of carbonyl (C=O) groups excluding carboxylic acids is 1. The van der Waals surface area contributed by atoms with E-state index in [9.17, 15) is 13.2 Å². The molecular formula is C14H29N3O3S. The summed E-state index contributed by atoms with van der Waals surface area (Å²) in [5.74, 6) is 0.0208. The minimum absolute atomic E-state index is 0.0208. The Kier molecular flexibility index (Phi) is 7.62. The summed E-state index contributed by atoms with van der Waals surface area (Å²) in [7, 11) is -3.17. The molecule has 0 radical (unpaired) electrons. The monoisotopic (exact) mass is 319 g/mol. The summed E-state index contributed by atoms with van der Waals surface area (Å²) in [6.07, 6.45) is 7.53. The van der Waals surface area contributed by atoms with Crippen molar-refractivity contribution in [3.05, 3.63) is 0 Å². The fourth-order valence-corrected chi connectivity index (χ4v) is 3.25. The normalized spacial score (nSPS) is 21.3. The largest absolute Gasteiger partial charge is 0.338 e. The molecule has 2 atom stereocenters. The van der Waals surface area contributed by atoms with E-state index in [-0.39, 0.29) is 11.9 Å². The molecule has 6 nitrogen and oxygen atoms in total. The van der Waals surface area contributed by atoms with Gasteiger partial charge in [-0.2, -0.15) is 0 Å². The van der Waals surface area contributed by atoms with Crippen LogP contribution in [0, 0.1) is 0 Å². The van der Waals surface area contributed by atoms with Crippen LogP contribution in [0.15, 0.2) is 0 Å². The van der Waals surface area contributed by atoms with Crippen LogP contribution in [0.1, 0.15) is 51.9 Å². The molecule has 0 bridgehead atoms. The molecule has 0 aromatic rings. The van der Waals surface area contributed by atoms with E-state index >= 15 is 0 Å². The van der Waals surface area contributed by atoms with Gasteiger partial charge in [0, 0.05) is 19.1 Å². The van der Waals surface area contributed by atoms with E-state index < -0.39 is 16.1 Å². The average molecular weight is 319 g/mol. The molecule has 1 heterocycles. The summed E-state index contributed by atoms with van der Waals surface area (Å²) in [4.78, 5) is 14.3. The first-order valence-electron chi connectivity index (χ1n) is 7.86. The lowest BCUT2D eigenvalue weighted by Crippen LogP contribution is -2.51. The lowest BCUT2D eigenvalue weighted by Gasteiger charge is -2.37. The first-order valence-corrected chi connectivity index (χ1v) is 9.75. The number of hydrogen-bond donors (Lipinski definition) is 2. The Morgan fingerprint density at radius 1 is 1.43 bits per heavy atom. The summed E-state index contributed by atoms with van der Waals surface area (Å²) >= 11 is 0. The average Bonchev–Trinajstić information content (AvgIpc) is 2.43. The predicted molar refractivity (Wildman–Crippen MR) is 84.3 cm³/mol. The van der Waals surface area contributed by atoms with Gasteiger partial charge in [0.1, 0.15) is 0 Å². The highest BCUT2D eigenvalue weighted by Gasteiger charge is 2.29. The number of nitrogens with one attached hydrogen (secondary N) is 1. The second kappa shape index (κ2) is 8.70. The van der Waals surface area contributed by atoms with E-state index in [0.717, 1.165) is 51.3 Å². The number of carbonyl (C=O) groups is 1. The van der Waals surface area contributed by atoms with Crippen LogP contribution in [-0.2, 0) is 14.8 Å². The number of nitrogens with two attached hydrogens (primary N) is 1. The van der Waals surface area contributed by atoms with Gasteiger partial charge in [0.25, 0.3) is 0 Å². The van der Waals surface area contributed by atoms with E-state index in [0.29, 0.717) is 13.0 Å². The Morgan fingerprint density at radius 2 is 2.14 bits per heavy atom. The predicted octanol–water partition coefficient (Wildman–Crippen LogP) is 0.824. The third-order valence-electron chi connectivity index (χ3n) is 3.94. The fourth-order valence-electron chi connectivity index (χ4n) is 2.76. The van der Waals surface area contributed by atoms with Gasteiger partial charge in [-0.05, 0) is 32.1 Å². The highest BCUT2D eigenvalue weighted by atomic mass is 32.2. The van der Waals surface area contributed by atoms with Crippen molar-refractivity contribution in [1.82, 2.24) is 9.62 Å². The molecule has 1 rings (SSSR count). The summed E-state index contributed by atoms with van der Waals surface area (Å²) < 4.78 is 24.7. The maximum atomic E-state index is 12.4. The Labute approximate surface area is 128 Å². The van der Waals surface area contributed by atoms with Gasteiger partial charge in [-0.15, -0.1) is 0 Å². The van der Waals surface area contributed by atoms with Crippen LogP contribution in [0.4, 0.5) is 0 Å². The van der Waals surface area contributed by atoms with Crippen LogP contribution in [0.3, 0.4) is 0 Å². The van der Waals surface area contributed by atoms with Crippen molar-refractivity contribution in [3.63, 3.8) is 0 Å². The first kappa shape index (κ1) is 18.4. The molecule has 7 heteroatoms. The van der Waals surface area contributed by atoms with Crippen LogP contribution in [0.25, 0.3) is 0 Å². The van der Waals surface area contributed by atoms with Crippen LogP contribution < -0.4 is 10.5 Å². The Balaban J connectivity index is 2.53. The van der Waals surface area contributed by atoms with Gasteiger partial charge in [-0.25, -0.2) is 13.1 Å². The topological polar surface area (TPSA) is 92.5 Å². The van der Waals surface area contributed by atoms with Crippen molar-refractivity contribution in [2.75, 3.05) is 19.3 Å². The third-order valence-corrected chi connectivity index (χ3v) is 4.67. The Bertz CT molecular complexity index is 425. The molecule has 0 aromatic carbocycles. The number of sulfonamides is 1. The number of piperidine rings is 1. The number of hydrogen-bond acceptors (Lipinski definition) is 4. The van der Waals surface area contributed by atoms with Gasteiger partial charge < -0.3 is 10.6 Å². The minimum Gasteiger partial charge on any atom is -0.338 e. The number of likely N-dealkylation sites (tertiary alicyclic amines) is 1. The maximum Gasteiger partial charge on any atom is 0.239 e. The molecular weight excluding hydrogens is 290 g/mol. The van der Waals surface area contributed by atoms with Crippen LogP contribution in [0.2, 0.25) is 0 Å². The second-order valence-corrected chi connectivity index (χ2v) is 7.72. The summed E-state index contributed by atoms with van der Waals surface area (Å²) in [6.45, 7) is 3.19. The van der Waals surface area contributed by atoms with Crippen molar-refractivity contribution in [2.24, 2.45) is 5.73 Å². The van der Waals surface area contributed by atoms with Gasteiger partial charge in [0.15, 0.2) is 0 Å². The molecule has 21 heavy (non-hydrogen) atoms. The lowest BCUT2D eigenvalue weighted by molar-refractivity contribution is -0.136. The van der Waals surface area contributed by atoms with Crippen LogP contribution >= 0.6 is 0 Å². The standard InChI is InChI=1S/C14H29N3O3S/c1-3-4-8-13(15)14(18)17-11-6-5-7-12(17)9-10-16-21(2,19)20/h12-13,16H,3-11,15H2,1-2H3. The molecule has 1 amide bonds. The smallest absolute Gasteiger partial charge is 0.239 e. The quantitative estimate of drug-likeness (QED) is 0.693. The van der Waals surface area contributed by atoms with Gasteiger partial charge in [-0.1, -0.05) is 19.8 Å². The molecule has 2 unspecified atom stereocenters. The molecule has 1 aliphatic heterocycles. The van der Waals surface area contributed by atoms with E-state index in [4.69, 9.17) is 5.73 Å². The number of amides is 1. The molecule has 1 aliphatic rings. The summed E-state index contributed by atoms with van der Waals surface area (Å²) in [5.41, 5.74) is 5.99. The first-order chi connectivity index (χ1) is 9.85. The molecule has 0 aliphatic carbocycles. The van der Waals surface area contributed by atoms with E-state index in [1.54, 1.807) is 0 Å². The maximum absolute atomic E-state index is 12.4. The minimum atomic E-state index is -3.17. The van der Waals surface area contributed by atoms with Crippen molar-refractivity contribution in [2.45, 2.75) is 64.0 Å². The number of rotatable bonds is 8. The molecule has 3 N–H and O–H groups in total. The second-order valence-electron chi connectivity index (χ2n) is 5.89. The van der Waals surface area contributed by atoms with E-state index in [2.05, 4.69) is 11.6 Å². The van der Waals surface area contributed by atoms with Crippen LogP contribution in [-0.4, -0.2) is 50.7 Å². The number of nitrogens with zero attached hydrogens (tertiary/aromatic N) is 1. The van der Waals surface area contributed by atoms with E-state index in [1.165, 1.54) is 0 Å². The highest BCUT2D eigenvalue weighted by Crippen LogP contribution is 2.21. The Hall–Kier alpha value is -0.660. The molecule has 1 fully saturated rings. The van der Waals surface area contributed by atoms with Crippen molar-refractivity contribution >= 4 is 15.9 Å². The Morgan fingerprint density at radius 3 is 2.76 bits per heavy atom. The van der Waals surface area contributed by atoms with E-state index in [1.807, 2.05) is 4.90 Å². The van der Waals surface area contributed by atoms with Gasteiger partial charge in [0.05, 0.1) is 12.3 Å². The molecule has 124 valence electrons. The molecule has 0 aromatic heterocycles. The third kappa shape index (κ3) is 6.76. The molecule has 0 saturated carbocycles. The molecule has 0 spiro atoms. The van der Waals surface area contributed by atoms with Gasteiger partial charge >= 0.3 is 0 Å². The molecule has 1 saturated heterocycles. The zero-order valence-corrected chi connectivity index (χ0v) is 14.0. The zero-order chi connectivity index (χ0) is 15.9. The SMILES string of the molecule is CCCCC(N)C(=O)N1CCCCC1CCNS(C)(=O)=O. The zero-order valence-electron chi connectivity index (χ0n) is 13.2. The number of unbranched alkanes of at least 4 members (excludes halogenated alkanes) is 1. The lowest BCUT2D eigenvalue weighted by atomic mass is 9.97. The fraction of sp³-hybridized carbons (Fsp3) is 0.929. The van der Waals surface area contributed by atoms with Crippen molar-refractivity contribution in [1.29, 1.82) is 0 Å². The van der Waals surface area contributed by atoms with Crippen LogP contribution in [0.5, 0.6) is 0 Å².